The summed E-state index contributed by atoms with van der Waals surface area (Å²) < 4.78 is 0. The quantitative estimate of drug-likeness (QED) is 0.682. The second-order valence-corrected chi connectivity index (χ2v) is 8.38. The fourth-order valence-corrected chi connectivity index (χ4v) is 4.79. The molecule has 2 aromatic rings. The van der Waals surface area contributed by atoms with E-state index in [-0.39, 0.29) is 11.5 Å². The van der Waals surface area contributed by atoms with E-state index in [9.17, 15) is 9.59 Å². The molecule has 0 saturated carbocycles. The number of nitrogens with zero attached hydrogens (tertiary/aromatic N) is 2. The summed E-state index contributed by atoms with van der Waals surface area (Å²) in [5.41, 5.74) is 0.882. The molecule has 0 spiro atoms. The van der Waals surface area contributed by atoms with E-state index in [1.165, 1.54) is 29.5 Å². The van der Waals surface area contributed by atoms with Crippen LogP contribution in [0, 0.1) is 19.8 Å². The molecule has 1 fully saturated rings. The average Bonchev–Trinajstić information content (AvgIpc) is 2.80. The SMILES string of the molecule is Cc1sc2nc(SCC(=O)N3CCCC(C)C3)[nH]c(=O)c2c1C. The molecule has 23 heavy (non-hydrogen) atoms. The highest BCUT2D eigenvalue weighted by Crippen LogP contribution is 2.27. The number of aromatic nitrogens is 2. The fraction of sp³-hybridized carbons (Fsp3) is 0.562. The van der Waals surface area contributed by atoms with Gasteiger partial charge in [0, 0.05) is 18.0 Å². The minimum absolute atomic E-state index is 0.113. The number of amides is 1. The van der Waals surface area contributed by atoms with E-state index in [4.69, 9.17) is 0 Å². The Hall–Kier alpha value is -1.34. The van der Waals surface area contributed by atoms with Crippen molar-refractivity contribution in [1.82, 2.24) is 14.9 Å². The highest BCUT2D eigenvalue weighted by Gasteiger charge is 2.21. The van der Waals surface area contributed by atoms with Gasteiger partial charge in [0.05, 0.1) is 11.1 Å². The number of carbonyl (C=O) groups excluding carboxylic acids is 1. The number of carbonyl (C=O) groups is 1. The first-order chi connectivity index (χ1) is 11.0. The molecule has 1 unspecified atom stereocenters. The smallest absolute Gasteiger partial charge is 0.260 e. The first-order valence-corrected chi connectivity index (χ1v) is 9.66. The maximum atomic E-state index is 12.3. The number of thioether (sulfide) groups is 1. The lowest BCUT2D eigenvalue weighted by Crippen LogP contribution is -2.40. The summed E-state index contributed by atoms with van der Waals surface area (Å²) in [6, 6.07) is 0. The van der Waals surface area contributed by atoms with Crippen LogP contribution in [0.5, 0.6) is 0 Å². The number of aryl methyl sites for hydroxylation is 2. The van der Waals surface area contributed by atoms with Crippen molar-refractivity contribution in [2.24, 2.45) is 5.92 Å². The summed E-state index contributed by atoms with van der Waals surface area (Å²) >= 11 is 2.85. The number of H-pyrrole nitrogens is 1. The minimum atomic E-state index is -0.113. The van der Waals surface area contributed by atoms with Crippen molar-refractivity contribution < 1.29 is 4.79 Å². The molecule has 0 bridgehead atoms. The highest BCUT2D eigenvalue weighted by atomic mass is 32.2. The summed E-state index contributed by atoms with van der Waals surface area (Å²) in [6.07, 6.45) is 2.27. The second-order valence-electron chi connectivity index (χ2n) is 6.21. The van der Waals surface area contributed by atoms with Gasteiger partial charge in [0.1, 0.15) is 4.83 Å². The van der Waals surface area contributed by atoms with Crippen LogP contribution in [-0.2, 0) is 4.79 Å². The minimum Gasteiger partial charge on any atom is -0.342 e. The van der Waals surface area contributed by atoms with Gasteiger partial charge in [-0.05, 0) is 38.2 Å². The standard InChI is InChI=1S/C16H21N3O2S2/c1-9-5-4-6-19(7-9)12(20)8-22-16-17-14(21)13-10(2)11(3)23-15(13)18-16/h9H,4-8H2,1-3H3,(H,17,18,21). The van der Waals surface area contributed by atoms with Crippen molar-refractivity contribution in [3.8, 4) is 0 Å². The summed E-state index contributed by atoms with van der Waals surface area (Å²) in [5, 5.41) is 1.20. The molecular weight excluding hydrogens is 330 g/mol. The Morgan fingerprint density at radius 1 is 1.48 bits per heavy atom. The van der Waals surface area contributed by atoms with Crippen molar-refractivity contribution in [2.75, 3.05) is 18.8 Å². The van der Waals surface area contributed by atoms with Crippen LogP contribution in [0.1, 0.15) is 30.2 Å². The Labute approximate surface area is 143 Å². The Kier molecular flexibility index (Phi) is 4.77. The first-order valence-electron chi connectivity index (χ1n) is 7.86. The molecule has 0 aromatic carbocycles. The van der Waals surface area contributed by atoms with Gasteiger partial charge in [0.2, 0.25) is 5.91 Å². The highest BCUT2D eigenvalue weighted by molar-refractivity contribution is 7.99. The van der Waals surface area contributed by atoms with Gasteiger partial charge in [-0.3, -0.25) is 9.59 Å². The van der Waals surface area contributed by atoms with Crippen molar-refractivity contribution in [3.63, 3.8) is 0 Å². The Morgan fingerprint density at radius 2 is 2.26 bits per heavy atom. The lowest BCUT2D eigenvalue weighted by Gasteiger charge is -2.30. The average molecular weight is 351 g/mol. The molecule has 1 atom stereocenters. The van der Waals surface area contributed by atoms with Crippen LogP contribution in [0.15, 0.2) is 9.95 Å². The lowest BCUT2D eigenvalue weighted by atomic mass is 10.0. The van der Waals surface area contributed by atoms with Crippen molar-refractivity contribution in [2.45, 2.75) is 38.8 Å². The van der Waals surface area contributed by atoms with Gasteiger partial charge in [-0.25, -0.2) is 4.98 Å². The van der Waals surface area contributed by atoms with E-state index >= 15 is 0 Å². The molecule has 1 N–H and O–H groups in total. The molecule has 0 aliphatic carbocycles. The van der Waals surface area contributed by atoms with Crippen LogP contribution < -0.4 is 5.56 Å². The van der Waals surface area contributed by atoms with Crippen LogP contribution in [0.25, 0.3) is 10.2 Å². The number of hydrogen-bond donors (Lipinski definition) is 1. The predicted molar refractivity (Wildman–Crippen MR) is 95.4 cm³/mol. The predicted octanol–water partition coefficient (Wildman–Crippen LogP) is 2.95. The summed E-state index contributed by atoms with van der Waals surface area (Å²) in [6.45, 7) is 7.80. The van der Waals surface area contributed by atoms with Gasteiger partial charge >= 0.3 is 0 Å². The third kappa shape index (κ3) is 3.45. The van der Waals surface area contributed by atoms with Gasteiger partial charge in [0.25, 0.3) is 5.56 Å². The Morgan fingerprint density at radius 3 is 3.00 bits per heavy atom. The third-order valence-corrected chi connectivity index (χ3v) is 6.32. The molecule has 1 aliphatic rings. The van der Waals surface area contributed by atoms with Gasteiger partial charge in [-0.15, -0.1) is 11.3 Å². The Balaban J connectivity index is 1.72. The van der Waals surface area contributed by atoms with Crippen LogP contribution in [-0.4, -0.2) is 39.6 Å². The van der Waals surface area contributed by atoms with Crippen LogP contribution in [0.3, 0.4) is 0 Å². The topological polar surface area (TPSA) is 66.1 Å². The van der Waals surface area contributed by atoms with E-state index in [0.29, 0.717) is 22.2 Å². The third-order valence-electron chi connectivity index (χ3n) is 4.36. The number of thiophene rings is 1. The molecular formula is C16H21N3O2S2. The van der Waals surface area contributed by atoms with E-state index in [1.54, 1.807) is 0 Å². The molecule has 124 valence electrons. The second kappa shape index (κ2) is 6.65. The fourth-order valence-electron chi connectivity index (χ4n) is 2.94. The van der Waals surface area contributed by atoms with Crippen LogP contribution in [0.4, 0.5) is 0 Å². The molecule has 3 heterocycles. The van der Waals surface area contributed by atoms with Crippen molar-refractivity contribution >= 4 is 39.2 Å². The number of fused-ring (bicyclic) bond motifs is 1. The maximum absolute atomic E-state index is 12.3. The molecule has 0 radical (unpaired) electrons. The monoisotopic (exact) mass is 351 g/mol. The molecule has 5 nitrogen and oxygen atoms in total. The molecule has 1 aliphatic heterocycles. The number of piperidine rings is 1. The van der Waals surface area contributed by atoms with E-state index in [0.717, 1.165) is 34.8 Å². The van der Waals surface area contributed by atoms with Gasteiger partial charge in [0.15, 0.2) is 5.16 Å². The maximum Gasteiger partial charge on any atom is 0.260 e. The largest absolute Gasteiger partial charge is 0.342 e. The van der Waals surface area contributed by atoms with Crippen LogP contribution >= 0.6 is 23.1 Å². The molecule has 3 rings (SSSR count). The summed E-state index contributed by atoms with van der Waals surface area (Å²) in [7, 11) is 0. The van der Waals surface area contributed by atoms with Gasteiger partial charge < -0.3 is 9.88 Å². The zero-order chi connectivity index (χ0) is 16.6. The summed E-state index contributed by atoms with van der Waals surface area (Å²) in [4.78, 5) is 35.6. The lowest BCUT2D eigenvalue weighted by molar-refractivity contribution is -0.130. The summed E-state index contributed by atoms with van der Waals surface area (Å²) in [5.74, 6) is 1.02. The van der Waals surface area contributed by atoms with Crippen molar-refractivity contribution in [3.05, 3.63) is 20.8 Å². The zero-order valence-corrected chi connectivity index (χ0v) is 15.3. The number of likely N-dealkylation sites (tertiary alicyclic amines) is 1. The number of rotatable bonds is 3. The normalized spacial score (nSPS) is 18.6. The molecule has 2 aromatic heterocycles. The number of hydrogen-bond acceptors (Lipinski definition) is 5. The number of nitrogens with one attached hydrogen (secondary N) is 1. The van der Waals surface area contributed by atoms with E-state index < -0.39 is 0 Å². The number of aromatic amines is 1. The molecule has 1 amide bonds. The first kappa shape index (κ1) is 16.5. The van der Waals surface area contributed by atoms with Crippen molar-refractivity contribution in [1.29, 1.82) is 0 Å². The Bertz CT molecular complexity index is 796. The molecule has 1 saturated heterocycles. The van der Waals surface area contributed by atoms with Gasteiger partial charge in [-0.1, -0.05) is 18.7 Å². The van der Waals surface area contributed by atoms with E-state index in [2.05, 4.69) is 16.9 Å². The van der Waals surface area contributed by atoms with Gasteiger partial charge in [-0.2, -0.15) is 0 Å². The molecule has 7 heteroatoms. The zero-order valence-electron chi connectivity index (χ0n) is 13.6. The van der Waals surface area contributed by atoms with Crippen LogP contribution in [0.2, 0.25) is 0 Å². The van der Waals surface area contributed by atoms with E-state index in [1.807, 2.05) is 18.7 Å².